The summed E-state index contributed by atoms with van der Waals surface area (Å²) >= 11 is 0. The summed E-state index contributed by atoms with van der Waals surface area (Å²) < 4.78 is 2.29. The number of benzene rings is 9. The van der Waals surface area contributed by atoms with Gasteiger partial charge in [-0.2, -0.15) is 0 Å². The third-order valence-corrected chi connectivity index (χ3v) is 12.2. The molecule has 0 radical (unpaired) electrons. The Balaban J connectivity index is 0.901. The van der Waals surface area contributed by atoms with E-state index < -0.39 is 0 Å². The van der Waals surface area contributed by atoms with E-state index in [0.717, 1.165) is 94.5 Å². The van der Waals surface area contributed by atoms with Gasteiger partial charge in [-0.05, 0) is 75.8 Å². The molecule has 12 rings (SSSR count). The average molecular weight is 857 g/mol. The van der Waals surface area contributed by atoms with Gasteiger partial charge in [-0.25, -0.2) is 24.9 Å². The van der Waals surface area contributed by atoms with E-state index in [4.69, 9.17) is 24.9 Å². The Labute approximate surface area is 388 Å². The fourth-order valence-corrected chi connectivity index (χ4v) is 8.99. The minimum absolute atomic E-state index is 0.626. The van der Waals surface area contributed by atoms with E-state index >= 15 is 0 Å². The van der Waals surface area contributed by atoms with Gasteiger partial charge in [-0.15, -0.1) is 0 Å². The second kappa shape index (κ2) is 17.1. The molecule has 6 heteroatoms. The van der Waals surface area contributed by atoms with Gasteiger partial charge in [-0.3, -0.25) is 0 Å². The van der Waals surface area contributed by atoms with Crippen LogP contribution in [0.2, 0.25) is 0 Å². The monoisotopic (exact) mass is 856 g/mol. The van der Waals surface area contributed by atoms with E-state index in [2.05, 4.69) is 174 Å². The van der Waals surface area contributed by atoms with Gasteiger partial charge in [0.1, 0.15) is 5.52 Å². The SMILES string of the molecule is c1ccc(-c2nc(-c3ccccc3)nc(-c3cccc(-c4cccc(-c5cccc(-c6cccc(-c7nc(-c8ccccc8)c8c(n7)c7ccccc7n8-c7ccccc7)c6)c5)c4)c3)n2)cc1. The quantitative estimate of drug-likeness (QED) is 0.145. The molecule has 12 aromatic rings. The van der Waals surface area contributed by atoms with Crippen LogP contribution in [-0.4, -0.2) is 29.5 Å². The number of fused-ring (bicyclic) bond motifs is 3. The van der Waals surface area contributed by atoms with Crippen molar-refractivity contribution < 1.29 is 0 Å². The maximum atomic E-state index is 5.38. The predicted molar refractivity (Wildman–Crippen MR) is 273 cm³/mol. The van der Waals surface area contributed by atoms with Crippen molar-refractivity contribution in [3.8, 4) is 95.9 Å². The van der Waals surface area contributed by atoms with Crippen LogP contribution in [-0.2, 0) is 0 Å². The van der Waals surface area contributed by atoms with E-state index in [9.17, 15) is 0 Å². The Kier molecular flexibility index (Phi) is 10.1. The molecule has 6 nitrogen and oxygen atoms in total. The van der Waals surface area contributed by atoms with Gasteiger partial charge in [0.25, 0.3) is 0 Å². The first kappa shape index (κ1) is 39.5. The van der Waals surface area contributed by atoms with Gasteiger partial charge < -0.3 is 4.57 Å². The minimum atomic E-state index is 0.626. The van der Waals surface area contributed by atoms with Crippen molar-refractivity contribution in [1.82, 2.24) is 29.5 Å². The zero-order valence-electron chi connectivity index (χ0n) is 36.3. The molecule has 0 atom stereocenters. The summed E-state index contributed by atoms with van der Waals surface area (Å²) in [5, 5.41) is 1.08. The molecule has 0 spiro atoms. The van der Waals surface area contributed by atoms with Gasteiger partial charge in [0.05, 0.1) is 16.7 Å². The van der Waals surface area contributed by atoms with Crippen LogP contribution in [0.4, 0.5) is 0 Å². The number of hydrogen-bond acceptors (Lipinski definition) is 5. The molecule has 0 bridgehead atoms. The van der Waals surface area contributed by atoms with E-state index in [-0.39, 0.29) is 0 Å². The van der Waals surface area contributed by atoms with Crippen molar-refractivity contribution in [2.75, 3.05) is 0 Å². The maximum Gasteiger partial charge on any atom is 0.164 e. The molecule has 0 aliphatic carbocycles. The van der Waals surface area contributed by atoms with Crippen LogP contribution in [0.25, 0.3) is 118 Å². The van der Waals surface area contributed by atoms with Crippen molar-refractivity contribution in [3.05, 3.63) is 243 Å². The third-order valence-electron chi connectivity index (χ3n) is 12.2. The Morgan fingerprint density at radius 2 is 0.597 bits per heavy atom. The molecular formula is C61H40N6. The fraction of sp³-hybridized carbons (Fsp3) is 0. The van der Waals surface area contributed by atoms with Crippen molar-refractivity contribution in [3.63, 3.8) is 0 Å². The normalized spacial score (nSPS) is 11.3. The summed E-state index contributed by atoms with van der Waals surface area (Å²) in [6.07, 6.45) is 0. The van der Waals surface area contributed by atoms with Gasteiger partial charge in [0.15, 0.2) is 23.3 Å². The van der Waals surface area contributed by atoms with Crippen molar-refractivity contribution in [2.24, 2.45) is 0 Å². The van der Waals surface area contributed by atoms with Crippen LogP contribution in [0.15, 0.2) is 243 Å². The number of para-hydroxylation sites is 2. The molecular weight excluding hydrogens is 817 g/mol. The van der Waals surface area contributed by atoms with Crippen LogP contribution in [0.3, 0.4) is 0 Å². The second-order valence-electron chi connectivity index (χ2n) is 16.5. The predicted octanol–water partition coefficient (Wildman–Crippen LogP) is 15.1. The van der Waals surface area contributed by atoms with E-state index in [1.807, 2.05) is 72.8 Å². The number of rotatable bonds is 9. The number of aromatic nitrogens is 6. The lowest BCUT2D eigenvalue weighted by Gasteiger charge is -2.13. The standard InChI is InChI=1S/C61H40N6/c1-5-19-41(20-6-1)55-57-56(53-35-13-14-36-54(53)67(57)52-33-11-4-12-34-52)63-60(62-55)50-31-17-29-48(39-50)46-27-15-25-44(37-46)45-26-16-28-47(38-45)49-30-18-32-51(40-49)61-65-58(42-21-7-2-8-22-42)64-59(66-61)43-23-9-3-10-24-43/h1-40H. The fourth-order valence-electron chi connectivity index (χ4n) is 8.99. The topological polar surface area (TPSA) is 69.4 Å². The van der Waals surface area contributed by atoms with Crippen LogP contribution < -0.4 is 0 Å². The second-order valence-corrected chi connectivity index (χ2v) is 16.5. The molecule has 0 aliphatic heterocycles. The van der Waals surface area contributed by atoms with Crippen molar-refractivity contribution in [2.45, 2.75) is 0 Å². The van der Waals surface area contributed by atoms with Crippen LogP contribution in [0.1, 0.15) is 0 Å². The molecule has 9 aromatic carbocycles. The molecule has 0 aliphatic rings. The van der Waals surface area contributed by atoms with Crippen LogP contribution >= 0.6 is 0 Å². The molecule has 0 N–H and O–H groups in total. The largest absolute Gasteiger partial charge is 0.306 e. The molecule has 0 saturated carbocycles. The van der Waals surface area contributed by atoms with Gasteiger partial charge in [0, 0.05) is 38.9 Å². The molecule has 3 aromatic heterocycles. The summed E-state index contributed by atoms with van der Waals surface area (Å²) in [5.41, 5.74) is 16.3. The van der Waals surface area contributed by atoms with Gasteiger partial charge in [0.2, 0.25) is 0 Å². The molecule has 0 fully saturated rings. The van der Waals surface area contributed by atoms with Crippen LogP contribution in [0.5, 0.6) is 0 Å². The number of nitrogens with zero attached hydrogens (tertiary/aromatic N) is 6. The van der Waals surface area contributed by atoms with Gasteiger partial charge >= 0.3 is 0 Å². The first-order chi connectivity index (χ1) is 33.2. The highest BCUT2D eigenvalue weighted by Crippen LogP contribution is 2.39. The lowest BCUT2D eigenvalue weighted by molar-refractivity contribution is 1.07. The Hall–Kier alpha value is -9.13. The van der Waals surface area contributed by atoms with Gasteiger partial charge in [-0.1, -0.05) is 200 Å². The lowest BCUT2D eigenvalue weighted by atomic mass is 9.95. The van der Waals surface area contributed by atoms with E-state index in [1.54, 1.807) is 0 Å². The number of hydrogen-bond donors (Lipinski definition) is 0. The minimum Gasteiger partial charge on any atom is -0.306 e. The van der Waals surface area contributed by atoms with Crippen LogP contribution in [0, 0.1) is 0 Å². The average Bonchev–Trinajstić information content (AvgIpc) is 3.76. The summed E-state index contributed by atoms with van der Waals surface area (Å²) in [6, 6.07) is 84.1. The Morgan fingerprint density at radius 3 is 1.07 bits per heavy atom. The summed E-state index contributed by atoms with van der Waals surface area (Å²) in [4.78, 5) is 25.6. The third kappa shape index (κ3) is 7.62. The summed E-state index contributed by atoms with van der Waals surface area (Å²) in [5.74, 6) is 2.58. The van der Waals surface area contributed by atoms with E-state index in [1.165, 1.54) is 0 Å². The Morgan fingerprint density at radius 1 is 0.254 bits per heavy atom. The molecule has 0 unspecified atom stereocenters. The first-order valence-electron chi connectivity index (χ1n) is 22.4. The molecule has 0 amide bonds. The first-order valence-corrected chi connectivity index (χ1v) is 22.4. The summed E-state index contributed by atoms with van der Waals surface area (Å²) in [6.45, 7) is 0. The maximum absolute atomic E-state index is 5.38. The molecule has 0 saturated heterocycles. The summed E-state index contributed by atoms with van der Waals surface area (Å²) in [7, 11) is 0. The lowest BCUT2D eigenvalue weighted by Crippen LogP contribution is -2.00. The Bertz CT molecular complexity index is 3680. The molecule has 3 heterocycles. The van der Waals surface area contributed by atoms with Crippen molar-refractivity contribution >= 4 is 21.9 Å². The van der Waals surface area contributed by atoms with Crippen molar-refractivity contribution in [1.29, 1.82) is 0 Å². The molecule has 67 heavy (non-hydrogen) atoms. The highest BCUT2D eigenvalue weighted by atomic mass is 15.0. The smallest absolute Gasteiger partial charge is 0.164 e. The highest BCUT2D eigenvalue weighted by molar-refractivity contribution is 6.11. The van der Waals surface area contributed by atoms with E-state index in [0.29, 0.717) is 23.3 Å². The molecule has 314 valence electrons. The highest BCUT2D eigenvalue weighted by Gasteiger charge is 2.21. The zero-order valence-corrected chi connectivity index (χ0v) is 36.3. The zero-order chi connectivity index (χ0) is 44.5.